The first-order chi connectivity index (χ1) is 10.2. The van der Waals surface area contributed by atoms with Crippen LogP contribution in [0.1, 0.15) is 24.9 Å². The van der Waals surface area contributed by atoms with Crippen molar-refractivity contribution < 1.29 is 22.0 Å². The maximum atomic E-state index is 13.8. The molecule has 1 aliphatic rings. The minimum Gasteiger partial charge on any atom is -0.338 e. The maximum Gasteiger partial charge on any atom is 0.238 e. The first kappa shape index (κ1) is 16.8. The molecule has 122 valence electrons. The Morgan fingerprint density at radius 2 is 2.09 bits per heavy atom. The molecule has 1 aromatic rings. The maximum absolute atomic E-state index is 13.8. The van der Waals surface area contributed by atoms with Crippen LogP contribution in [0.2, 0.25) is 0 Å². The van der Waals surface area contributed by atoms with E-state index in [-0.39, 0.29) is 17.9 Å². The number of likely N-dealkylation sites (N-methyl/N-ethyl adjacent to an activating group) is 1. The summed E-state index contributed by atoms with van der Waals surface area (Å²) in [5, 5.41) is 0. The third kappa shape index (κ3) is 3.44. The van der Waals surface area contributed by atoms with Gasteiger partial charge in [-0.15, -0.1) is 0 Å². The minimum absolute atomic E-state index is 0.0398. The molecule has 0 bridgehead atoms. The predicted molar refractivity (Wildman–Crippen MR) is 77.5 cm³/mol. The molecule has 1 saturated heterocycles. The second-order valence-electron chi connectivity index (χ2n) is 5.35. The van der Waals surface area contributed by atoms with Crippen LogP contribution < -0.4 is 0 Å². The van der Waals surface area contributed by atoms with Crippen LogP contribution in [-0.2, 0) is 14.8 Å². The minimum atomic E-state index is -3.37. The Morgan fingerprint density at radius 1 is 1.41 bits per heavy atom. The van der Waals surface area contributed by atoms with E-state index in [9.17, 15) is 22.0 Å². The van der Waals surface area contributed by atoms with Crippen molar-refractivity contribution in [3.63, 3.8) is 0 Å². The number of hydrogen-bond donors (Lipinski definition) is 0. The topological polar surface area (TPSA) is 57.7 Å². The van der Waals surface area contributed by atoms with E-state index in [0.29, 0.717) is 13.0 Å². The summed E-state index contributed by atoms with van der Waals surface area (Å²) in [7, 11) is -1.92. The molecule has 1 unspecified atom stereocenters. The highest BCUT2D eigenvalue weighted by Crippen LogP contribution is 2.23. The number of halogens is 2. The van der Waals surface area contributed by atoms with Gasteiger partial charge in [0.25, 0.3) is 0 Å². The Kier molecular flexibility index (Phi) is 4.81. The SMILES string of the molecule is CC(c1cc(F)ccc1F)N(C)C(=O)CN1CCCS1(=O)=O. The lowest BCUT2D eigenvalue weighted by Crippen LogP contribution is -2.40. The summed E-state index contributed by atoms with van der Waals surface area (Å²) in [4.78, 5) is 13.4. The summed E-state index contributed by atoms with van der Waals surface area (Å²) in [6, 6.07) is 2.35. The molecule has 0 spiro atoms. The standard InChI is InChI=1S/C14H18F2N2O3S/c1-10(12-8-11(15)4-5-13(12)16)17(2)14(19)9-18-6-3-7-22(18,20)21/h4-5,8,10H,3,6-7,9H2,1-2H3. The highest BCUT2D eigenvalue weighted by molar-refractivity contribution is 7.89. The third-order valence-electron chi connectivity index (χ3n) is 3.90. The predicted octanol–water partition coefficient (Wildman–Crippen LogP) is 1.52. The van der Waals surface area contributed by atoms with Crippen LogP contribution in [0.4, 0.5) is 8.78 Å². The van der Waals surface area contributed by atoms with E-state index in [2.05, 4.69) is 0 Å². The van der Waals surface area contributed by atoms with Crippen LogP contribution in [0.15, 0.2) is 18.2 Å². The molecule has 0 aromatic heterocycles. The van der Waals surface area contributed by atoms with Gasteiger partial charge < -0.3 is 4.90 Å². The van der Waals surface area contributed by atoms with Crippen LogP contribution in [0.5, 0.6) is 0 Å². The number of hydrogen-bond acceptors (Lipinski definition) is 3. The van der Waals surface area contributed by atoms with Gasteiger partial charge in [-0.2, -0.15) is 4.31 Å². The Labute approximate surface area is 128 Å². The zero-order valence-corrected chi connectivity index (χ0v) is 13.2. The number of sulfonamides is 1. The smallest absolute Gasteiger partial charge is 0.238 e. The van der Waals surface area contributed by atoms with Crippen molar-refractivity contribution in [2.24, 2.45) is 0 Å². The van der Waals surface area contributed by atoms with Gasteiger partial charge in [-0.3, -0.25) is 4.79 Å². The van der Waals surface area contributed by atoms with E-state index in [1.807, 2.05) is 0 Å². The van der Waals surface area contributed by atoms with Crippen molar-refractivity contribution in [3.8, 4) is 0 Å². The van der Waals surface area contributed by atoms with E-state index in [0.717, 1.165) is 22.5 Å². The van der Waals surface area contributed by atoms with Crippen LogP contribution in [0.3, 0.4) is 0 Å². The summed E-state index contributed by atoms with van der Waals surface area (Å²) in [6.45, 7) is 1.60. The lowest BCUT2D eigenvalue weighted by molar-refractivity contribution is -0.132. The van der Waals surface area contributed by atoms with Crippen molar-refractivity contribution in [3.05, 3.63) is 35.4 Å². The zero-order valence-electron chi connectivity index (χ0n) is 12.4. The monoisotopic (exact) mass is 332 g/mol. The van der Waals surface area contributed by atoms with Gasteiger partial charge in [0.2, 0.25) is 15.9 Å². The molecular weight excluding hydrogens is 314 g/mol. The molecule has 1 amide bonds. The van der Waals surface area contributed by atoms with Crippen LogP contribution in [0.25, 0.3) is 0 Å². The second-order valence-corrected chi connectivity index (χ2v) is 7.44. The summed E-state index contributed by atoms with van der Waals surface area (Å²) in [6.07, 6.45) is 0.493. The number of carbonyl (C=O) groups is 1. The molecule has 8 heteroatoms. The quantitative estimate of drug-likeness (QED) is 0.840. The van der Waals surface area contributed by atoms with Crippen LogP contribution in [-0.4, -0.2) is 49.4 Å². The molecule has 0 aliphatic carbocycles. The molecule has 5 nitrogen and oxygen atoms in total. The molecule has 2 rings (SSSR count). The number of nitrogens with zero attached hydrogens (tertiary/aromatic N) is 2. The van der Waals surface area contributed by atoms with Crippen molar-refractivity contribution in [1.82, 2.24) is 9.21 Å². The van der Waals surface area contributed by atoms with Crippen LogP contribution in [0, 0.1) is 11.6 Å². The van der Waals surface area contributed by atoms with Gasteiger partial charge in [0.05, 0.1) is 18.3 Å². The number of amides is 1. The fourth-order valence-electron chi connectivity index (χ4n) is 2.39. The summed E-state index contributed by atoms with van der Waals surface area (Å²) in [5.74, 6) is -1.62. The van der Waals surface area contributed by atoms with E-state index in [1.54, 1.807) is 6.92 Å². The van der Waals surface area contributed by atoms with Gasteiger partial charge in [-0.25, -0.2) is 17.2 Å². The molecule has 0 radical (unpaired) electrons. The fourth-order valence-corrected chi connectivity index (χ4v) is 3.86. The van der Waals surface area contributed by atoms with Crippen molar-refractivity contribution in [2.75, 3.05) is 25.9 Å². The molecule has 1 heterocycles. The number of rotatable bonds is 4. The lowest BCUT2D eigenvalue weighted by Gasteiger charge is -2.27. The van der Waals surface area contributed by atoms with Gasteiger partial charge in [0.1, 0.15) is 11.6 Å². The molecule has 1 aliphatic heterocycles. The van der Waals surface area contributed by atoms with Gasteiger partial charge >= 0.3 is 0 Å². The third-order valence-corrected chi connectivity index (χ3v) is 5.80. The highest BCUT2D eigenvalue weighted by atomic mass is 32.2. The van der Waals surface area contributed by atoms with Gasteiger partial charge in [-0.1, -0.05) is 0 Å². The summed E-state index contributed by atoms with van der Waals surface area (Å²) >= 11 is 0. The van der Waals surface area contributed by atoms with E-state index >= 15 is 0 Å². The fraction of sp³-hybridized carbons (Fsp3) is 0.500. The van der Waals surface area contributed by atoms with Crippen molar-refractivity contribution >= 4 is 15.9 Å². The number of carbonyl (C=O) groups excluding carboxylic acids is 1. The zero-order chi connectivity index (χ0) is 16.5. The van der Waals surface area contributed by atoms with Crippen molar-refractivity contribution in [1.29, 1.82) is 0 Å². The van der Waals surface area contributed by atoms with Gasteiger partial charge in [-0.05, 0) is 31.5 Å². The normalized spacial score (nSPS) is 19.1. The van der Waals surface area contributed by atoms with Crippen molar-refractivity contribution in [2.45, 2.75) is 19.4 Å². The first-order valence-electron chi connectivity index (χ1n) is 6.91. The lowest BCUT2D eigenvalue weighted by atomic mass is 10.1. The average molecular weight is 332 g/mol. The summed E-state index contributed by atoms with van der Waals surface area (Å²) < 4.78 is 51.5. The highest BCUT2D eigenvalue weighted by Gasteiger charge is 2.31. The van der Waals surface area contributed by atoms with Gasteiger partial charge in [0, 0.05) is 19.2 Å². The average Bonchev–Trinajstić information content (AvgIpc) is 2.79. The van der Waals surface area contributed by atoms with E-state index in [1.165, 1.54) is 11.9 Å². The van der Waals surface area contributed by atoms with E-state index < -0.39 is 33.6 Å². The largest absolute Gasteiger partial charge is 0.338 e. The summed E-state index contributed by atoms with van der Waals surface area (Å²) in [5.41, 5.74) is 0.0557. The molecule has 1 atom stereocenters. The number of benzene rings is 1. The van der Waals surface area contributed by atoms with Crippen LogP contribution >= 0.6 is 0 Å². The Hall–Kier alpha value is -1.54. The Balaban J connectivity index is 2.11. The van der Waals surface area contributed by atoms with E-state index in [4.69, 9.17) is 0 Å². The van der Waals surface area contributed by atoms with Gasteiger partial charge in [0.15, 0.2) is 0 Å². The molecular formula is C14H18F2N2O3S. The Morgan fingerprint density at radius 3 is 2.68 bits per heavy atom. The molecule has 0 N–H and O–H groups in total. The Bertz CT molecular complexity index is 679. The second kappa shape index (κ2) is 6.29. The molecule has 0 saturated carbocycles. The molecule has 1 fully saturated rings. The first-order valence-corrected chi connectivity index (χ1v) is 8.51. The molecule has 22 heavy (non-hydrogen) atoms. The molecule has 1 aromatic carbocycles.